The summed E-state index contributed by atoms with van der Waals surface area (Å²) in [6, 6.07) is 6.24. The summed E-state index contributed by atoms with van der Waals surface area (Å²) in [6.07, 6.45) is 0. The minimum Gasteiger partial charge on any atom is -0.492 e. The molecule has 130 valence electrons. The Morgan fingerprint density at radius 2 is 1.96 bits per heavy atom. The van der Waals surface area contributed by atoms with Gasteiger partial charge in [0, 0.05) is 26.7 Å². The molecule has 1 unspecified atom stereocenters. The van der Waals surface area contributed by atoms with E-state index >= 15 is 0 Å². The fourth-order valence-corrected chi connectivity index (χ4v) is 2.19. The Balaban J connectivity index is 2.52. The number of aliphatic hydroxyl groups is 1. The highest BCUT2D eigenvalue weighted by atomic mass is 16.5. The van der Waals surface area contributed by atoms with E-state index in [2.05, 4.69) is 47.3 Å². The SMILES string of the molecule is CCNC(=NCC(C)CO)N(C)CCOc1cc(C)cc(C)c1. The summed E-state index contributed by atoms with van der Waals surface area (Å²) in [6.45, 7) is 11.1. The molecular formula is C18H31N3O2. The van der Waals surface area contributed by atoms with Gasteiger partial charge in [-0.05, 0) is 49.9 Å². The summed E-state index contributed by atoms with van der Waals surface area (Å²) in [5.74, 6) is 1.92. The van der Waals surface area contributed by atoms with Crippen molar-refractivity contribution < 1.29 is 9.84 Å². The number of nitrogens with one attached hydrogen (secondary N) is 1. The number of hydrogen-bond acceptors (Lipinski definition) is 3. The second-order valence-electron chi connectivity index (χ2n) is 6.08. The summed E-state index contributed by atoms with van der Waals surface area (Å²) in [4.78, 5) is 6.61. The number of guanidine groups is 1. The summed E-state index contributed by atoms with van der Waals surface area (Å²) >= 11 is 0. The fraction of sp³-hybridized carbons (Fsp3) is 0.611. The molecule has 1 atom stereocenters. The molecule has 2 N–H and O–H groups in total. The molecule has 0 aliphatic heterocycles. The summed E-state index contributed by atoms with van der Waals surface area (Å²) in [5, 5.41) is 12.4. The summed E-state index contributed by atoms with van der Waals surface area (Å²) in [7, 11) is 2.00. The molecule has 5 heteroatoms. The lowest BCUT2D eigenvalue weighted by molar-refractivity contribution is 0.241. The third-order valence-electron chi connectivity index (χ3n) is 3.45. The van der Waals surface area contributed by atoms with Crippen molar-refractivity contribution in [3.05, 3.63) is 29.3 Å². The Labute approximate surface area is 140 Å². The summed E-state index contributed by atoms with van der Waals surface area (Å²) in [5.41, 5.74) is 2.42. The van der Waals surface area contributed by atoms with Gasteiger partial charge in [-0.3, -0.25) is 4.99 Å². The van der Waals surface area contributed by atoms with Gasteiger partial charge in [-0.25, -0.2) is 0 Å². The lowest BCUT2D eigenvalue weighted by Crippen LogP contribution is -2.41. The van der Waals surface area contributed by atoms with Crippen molar-refractivity contribution in [2.24, 2.45) is 10.9 Å². The Bertz CT molecular complexity index is 483. The van der Waals surface area contributed by atoms with E-state index in [0.29, 0.717) is 13.2 Å². The standard InChI is InChI=1S/C18H31N3O2/c1-6-19-18(20-12-16(4)13-22)21(5)7-8-23-17-10-14(2)9-15(3)11-17/h9-11,16,22H,6-8,12-13H2,1-5H3,(H,19,20). The van der Waals surface area contributed by atoms with Gasteiger partial charge < -0.3 is 20.1 Å². The van der Waals surface area contributed by atoms with E-state index in [4.69, 9.17) is 9.84 Å². The number of likely N-dealkylation sites (N-methyl/N-ethyl adjacent to an activating group) is 1. The van der Waals surface area contributed by atoms with Crippen molar-refractivity contribution >= 4 is 5.96 Å². The number of aryl methyl sites for hydroxylation is 2. The van der Waals surface area contributed by atoms with Gasteiger partial charge in [0.25, 0.3) is 0 Å². The Morgan fingerprint density at radius 3 is 2.52 bits per heavy atom. The molecule has 5 nitrogen and oxygen atoms in total. The fourth-order valence-electron chi connectivity index (χ4n) is 2.19. The van der Waals surface area contributed by atoms with E-state index in [1.807, 2.05) is 20.9 Å². The maximum Gasteiger partial charge on any atom is 0.193 e. The van der Waals surface area contributed by atoms with Crippen molar-refractivity contribution in [1.82, 2.24) is 10.2 Å². The van der Waals surface area contributed by atoms with E-state index < -0.39 is 0 Å². The topological polar surface area (TPSA) is 57.1 Å². The highest BCUT2D eigenvalue weighted by molar-refractivity contribution is 5.79. The zero-order valence-electron chi connectivity index (χ0n) is 15.1. The molecule has 23 heavy (non-hydrogen) atoms. The van der Waals surface area contributed by atoms with Crippen molar-refractivity contribution in [3.63, 3.8) is 0 Å². The molecule has 0 heterocycles. The van der Waals surface area contributed by atoms with Crippen LogP contribution < -0.4 is 10.1 Å². The molecule has 0 amide bonds. The second-order valence-corrected chi connectivity index (χ2v) is 6.08. The highest BCUT2D eigenvalue weighted by Gasteiger charge is 2.07. The van der Waals surface area contributed by atoms with Crippen LogP contribution in [0.1, 0.15) is 25.0 Å². The number of benzene rings is 1. The molecule has 0 bridgehead atoms. The van der Waals surface area contributed by atoms with Gasteiger partial charge >= 0.3 is 0 Å². The molecule has 0 fully saturated rings. The van der Waals surface area contributed by atoms with Gasteiger partial charge in [0.2, 0.25) is 0 Å². The number of nitrogens with zero attached hydrogens (tertiary/aromatic N) is 2. The largest absolute Gasteiger partial charge is 0.492 e. The smallest absolute Gasteiger partial charge is 0.193 e. The van der Waals surface area contributed by atoms with E-state index in [1.54, 1.807) is 0 Å². The minimum atomic E-state index is 0.155. The molecule has 1 aromatic rings. The summed E-state index contributed by atoms with van der Waals surface area (Å²) < 4.78 is 5.85. The van der Waals surface area contributed by atoms with Crippen molar-refractivity contribution in [2.45, 2.75) is 27.7 Å². The van der Waals surface area contributed by atoms with E-state index in [9.17, 15) is 0 Å². The molecular weight excluding hydrogens is 290 g/mol. The lowest BCUT2D eigenvalue weighted by Gasteiger charge is -2.22. The van der Waals surface area contributed by atoms with Crippen molar-refractivity contribution in [3.8, 4) is 5.75 Å². The number of aliphatic imine (C=N–C) groups is 1. The second kappa shape index (κ2) is 10.1. The monoisotopic (exact) mass is 321 g/mol. The van der Waals surface area contributed by atoms with Gasteiger partial charge in [0.15, 0.2) is 5.96 Å². The molecule has 0 radical (unpaired) electrons. The molecule has 1 rings (SSSR count). The molecule has 0 spiro atoms. The number of hydrogen-bond donors (Lipinski definition) is 2. The molecule has 0 aliphatic rings. The van der Waals surface area contributed by atoms with Crippen LogP contribution in [0.5, 0.6) is 5.75 Å². The number of aliphatic hydroxyl groups excluding tert-OH is 1. The van der Waals surface area contributed by atoms with Crippen LogP contribution in [0.4, 0.5) is 0 Å². The maximum atomic E-state index is 9.11. The van der Waals surface area contributed by atoms with Crippen molar-refractivity contribution in [2.75, 3.05) is 39.9 Å². The van der Waals surface area contributed by atoms with Gasteiger partial charge in [0.05, 0.1) is 6.54 Å². The average Bonchev–Trinajstić information content (AvgIpc) is 2.49. The normalized spacial score (nSPS) is 12.9. The zero-order chi connectivity index (χ0) is 17.2. The molecule has 0 saturated heterocycles. The van der Waals surface area contributed by atoms with E-state index in [1.165, 1.54) is 11.1 Å². The number of rotatable bonds is 8. The van der Waals surface area contributed by atoms with Crippen LogP contribution in [-0.4, -0.2) is 55.9 Å². The first kappa shape index (κ1) is 19.3. The molecule has 0 aliphatic carbocycles. The first-order valence-electron chi connectivity index (χ1n) is 8.27. The van der Waals surface area contributed by atoms with Gasteiger partial charge in [0.1, 0.15) is 12.4 Å². The van der Waals surface area contributed by atoms with E-state index in [-0.39, 0.29) is 12.5 Å². The van der Waals surface area contributed by atoms with Gasteiger partial charge in [-0.1, -0.05) is 13.0 Å². The first-order chi connectivity index (χ1) is 11.0. The van der Waals surface area contributed by atoms with E-state index in [0.717, 1.165) is 24.8 Å². The minimum absolute atomic E-state index is 0.155. The Hall–Kier alpha value is -1.75. The van der Waals surface area contributed by atoms with Crippen molar-refractivity contribution in [1.29, 1.82) is 0 Å². The predicted molar refractivity (Wildman–Crippen MR) is 96.3 cm³/mol. The molecule has 0 saturated carbocycles. The van der Waals surface area contributed by atoms with Crippen LogP contribution in [0, 0.1) is 19.8 Å². The third-order valence-corrected chi connectivity index (χ3v) is 3.45. The maximum absolute atomic E-state index is 9.11. The quantitative estimate of drug-likeness (QED) is 0.569. The average molecular weight is 321 g/mol. The highest BCUT2D eigenvalue weighted by Crippen LogP contribution is 2.16. The third kappa shape index (κ3) is 7.37. The zero-order valence-corrected chi connectivity index (χ0v) is 15.1. The van der Waals surface area contributed by atoms with Crippen LogP contribution in [-0.2, 0) is 0 Å². The van der Waals surface area contributed by atoms with Gasteiger partial charge in [-0.15, -0.1) is 0 Å². The Morgan fingerprint density at radius 1 is 1.30 bits per heavy atom. The van der Waals surface area contributed by atoms with Gasteiger partial charge in [-0.2, -0.15) is 0 Å². The van der Waals surface area contributed by atoms with Crippen LogP contribution in [0.15, 0.2) is 23.2 Å². The van der Waals surface area contributed by atoms with Crippen LogP contribution in [0.2, 0.25) is 0 Å². The first-order valence-corrected chi connectivity index (χ1v) is 8.27. The number of ether oxygens (including phenoxy) is 1. The molecule has 0 aromatic heterocycles. The lowest BCUT2D eigenvalue weighted by atomic mass is 10.1. The predicted octanol–water partition coefficient (Wildman–Crippen LogP) is 2.21. The molecule has 1 aromatic carbocycles. The van der Waals surface area contributed by atoms with Crippen LogP contribution in [0.25, 0.3) is 0 Å². The van der Waals surface area contributed by atoms with Crippen LogP contribution >= 0.6 is 0 Å². The van der Waals surface area contributed by atoms with Crippen LogP contribution in [0.3, 0.4) is 0 Å². The Kier molecular flexibility index (Phi) is 8.48.